The predicted octanol–water partition coefficient (Wildman–Crippen LogP) is 8.03. The molecule has 0 unspecified atom stereocenters. The molecule has 200 valence electrons. The van der Waals surface area contributed by atoms with Crippen molar-refractivity contribution in [2.45, 2.75) is 24.8 Å². The number of hydrogen-bond donors (Lipinski definition) is 1. The number of fused-ring (bicyclic) bond motifs is 4. The number of halogens is 3. The topological polar surface area (TPSA) is 48.5 Å². The summed E-state index contributed by atoms with van der Waals surface area (Å²) in [5, 5.41) is 4.93. The molecule has 0 aliphatic carbocycles. The van der Waals surface area contributed by atoms with Gasteiger partial charge in [0.1, 0.15) is 0 Å². The third kappa shape index (κ3) is 5.41. The van der Waals surface area contributed by atoms with Gasteiger partial charge in [0.2, 0.25) is 0 Å². The molecule has 2 aliphatic rings. The zero-order chi connectivity index (χ0) is 27.0. The number of aromatic nitrogens is 1. The summed E-state index contributed by atoms with van der Waals surface area (Å²) in [5.74, 6) is 0. The zero-order valence-electron chi connectivity index (χ0n) is 21.2. The van der Waals surface area contributed by atoms with E-state index in [0.29, 0.717) is 28.2 Å². The Morgan fingerprint density at radius 2 is 1.82 bits per heavy atom. The molecule has 2 aliphatic heterocycles. The van der Waals surface area contributed by atoms with Gasteiger partial charge in [-0.05, 0) is 73.5 Å². The van der Waals surface area contributed by atoms with Crippen LogP contribution in [0.4, 0.5) is 10.5 Å². The van der Waals surface area contributed by atoms with Gasteiger partial charge in [0, 0.05) is 35.6 Å². The summed E-state index contributed by atoms with van der Waals surface area (Å²) in [5.41, 5.74) is 7.10. The van der Waals surface area contributed by atoms with Crippen LogP contribution in [0.5, 0.6) is 0 Å². The van der Waals surface area contributed by atoms with E-state index in [4.69, 9.17) is 39.8 Å². The molecule has 9 heteroatoms. The van der Waals surface area contributed by atoms with Crippen LogP contribution in [0.2, 0.25) is 15.1 Å². The Labute approximate surface area is 247 Å². The minimum absolute atomic E-state index is 0.0790. The van der Waals surface area contributed by atoms with E-state index in [2.05, 4.69) is 34.5 Å². The predicted molar refractivity (Wildman–Crippen MR) is 164 cm³/mol. The Morgan fingerprint density at radius 3 is 2.59 bits per heavy atom. The van der Waals surface area contributed by atoms with Crippen LogP contribution in [0.1, 0.15) is 29.5 Å². The maximum Gasteiger partial charge on any atom is 0.322 e. The molecule has 1 N–H and O–H groups in total. The number of nitrogens with zero attached hydrogens (tertiary/aromatic N) is 3. The van der Waals surface area contributed by atoms with Gasteiger partial charge in [-0.1, -0.05) is 65.2 Å². The van der Waals surface area contributed by atoms with Crippen LogP contribution in [-0.2, 0) is 12.0 Å². The fraction of sp³-hybridized carbons (Fsp3) is 0.267. The lowest BCUT2D eigenvalue weighted by Crippen LogP contribution is -2.47. The number of piperidine rings is 1. The Kier molecular flexibility index (Phi) is 7.58. The molecule has 0 saturated carbocycles. The summed E-state index contributed by atoms with van der Waals surface area (Å²) in [6, 6.07) is 17.3. The molecule has 2 amide bonds. The van der Waals surface area contributed by atoms with Crippen LogP contribution in [0, 0.1) is 0 Å². The number of nitrogens with one attached hydrogen (secondary N) is 1. The van der Waals surface area contributed by atoms with Gasteiger partial charge < -0.3 is 5.32 Å². The highest BCUT2D eigenvalue weighted by Crippen LogP contribution is 2.50. The van der Waals surface area contributed by atoms with Crippen molar-refractivity contribution in [3.05, 3.63) is 97.9 Å². The number of anilines is 1. The smallest absolute Gasteiger partial charge is 0.322 e. The third-order valence-corrected chi connectivity index (χ3v) is 9.58. The second-order valence-corrected chi connectivity index (χ2v) is 12.3. The van der Waals surface area contributed by atoms with Crippen molar-refractivity contribution in [3.63, 3.8) is 0 Å². The number of benzene rings is 3. The van der Waals surface area contributed by atoms with Crippen molar-refractivity contribution >= 4 is 74.2 Å². The molecule has 0 bridgehead atoms. The van der Waals surface area contributed by atoms with Crippen molar-refractivity contribution < 1.29 is 4.79 Å². The number of carbonyl (C=O) groups is 1. The van der Waals surface area contributed by atoms with E-state index in [0.717, 1.165) is 54.8 Å². The maximum absolute atomic E-state index is 13.5. The number of carbonyl (C=O) groups excluding carboxylic acids is 1. The van der Waals surface area contributed by atoms with Crippen LogP contribution < -0.4 is 10.2 Å². The lowest BCUT2D eigenvalue weighted by Gasteiger charge is -2.39. The van der Waals surface area contributed by atoms with Crippen LogP contribution in [0.3, 0.4) is 0 Å². The summed E-state index contributed by atoms with van der Waals surface area (Å²) >= 11 is 19.9. The van der Waals surface area contributed by atoms with E-state index >= 15 is 0 Å². The van der Waals surface area contributed by atoms with Crippen molar-refractivity contribution in [2.75, 3.05) is 31.1 Å². The fourth-order valence-corrected chi connectivity index (χ4v) is 6.83. The fourth-order valence-electron chi connectivity index (χ4n) is 5.72. The molecule has 5 nitrogen and oxygen atoms in total. The normalized spacial score (nSPS) is 16.8. The van der Waals surface area contributed by atoms with Gasteiger partial charge in [0.15, 0.2) is 0 Å². The number of likely N-dealkylation sites (tertiary alicyclic amines) is 1. The molecule has 0 radical (unpaired) electrons. The Bertz CT molecular complexity index is 1540. The number of urea groups is 1. The van der Waals surface area contributed by atoms with Crippen molar-refractivity contribution in [3.8, 4) is 0 Å². The summed E-state index contributed by atoms with van der Waals surface area (Å²) in [6.07, 6.45) is 6.20. The number of thiazole rings is 1. The number of amides is 2. The standard InChI is InChI=1S/C30H27Cl3N4OS/c31-22-6-3-21(4-7-22)17-34-29(38)37-18-30(27-25(37)9-10-26-28(27)35-19-39-26)11-14-36(15-12-30)13-1-2-20-5-8-23(32)24(33)16-20/h1-10,16,19H,11-15,17-18H2,(H,34,38). The van der Waals surface area contributed by atoms with Crippen LogP contribution >= 0.6 is 46.1 Å². The van der Waals surface area contributed by atoms with Crippen LogP contribution in [-0.4, -0.2) is 42.1 Å². The second-order valence-electron chi connectivity index (χ2n) is 10.2. The van der Waals surface area contributed by atoms with E-state index in [1.807, 2.05) is 52.9 Å². The maximum atomic E-state index is 13.5. The van der Waals surface area contributed by atoms with Crippen molar-refractivity contribution in [1.82, 2.24) is 15.2 Å². The first-order valence-electron chi connectivity index (χ1n) is 12.9. The van der Waals surface area contributed by atoms with Crippen LogP contribution in [0.15, 0.2) is 66.2 Å². The number of hydrogen-bond acceptors (Lipinski definition) is 4. The molecule has 39 heavy (non-hydrogen) atoms. The van der Waals surface area contributed by atoms with E-state index < -0.39 is 0 Å². The SMILES string of the molecule is O=C(NCc1ccc(Cl)cc1)N1CC2(CCN(CC=Cc3ccc(Cl)c(Cl)c3)CC2)c2c1ccc1scnc21. The van der Waals surface area contributed by atoms with Crippen LogP contribution in [0.25, 0.3) is 16.3 Å². The molecule has 6 rings (SSSR count). The zero-order valence-corrected chi connectivity index (χ0v) is 24.3. The lowest BCUT2D eigenvalue weighted by atomic mass is 9.74. The van der Waals surface area contributed by atoms with Gasteiger partial charge in [-0.3, -0.25) is 9.80 Å². The lowest BCUT2D eigenvalue weighted by molar-refractivity contribution is 0.180. The van der Waals surface area contributed by atoms with E-state index in [9.17, 15) is 4.79 Å². The first-order valence-corrected chi connectivity index (χ1v) is 14.9. The molecular formula is C30H27Cl3N4OS. The third-order valence-electron chi connectivity index (χ3n) is 7.80. The van der Waals surface area contributed by atoms with Gasteiger partial charge in [-0.15, -0.1) is 11.3 Å². The quantitative estimate of drug-likeness (QED) is 0.253. The minimum atomic E-state index is -0.107. The molecule has 1 aromatic heterocycles. The van der Waals surface area contributed by atoms with Gasteiger partial charge in [-0.2, -0.15) is 0 Å². The van der Waals surface area contributed by atoms with Gasteiger partial charge in [0.05, 0.1) is 31.5 Å². The minimum Gasteiger partial charge on any atom is -0.334 e. The van der Waals surface area contributed by atoms with Crippen molar-refractivity contribution in [2.24, 2.45) is 0 Å². The molecular weight excluding hydrogens is 571 g/mol. The highest BCUT2D eigenvalue weighted by molar-refractivity contribution is 7.16. The van der Waals surface area contributed by atoms with Crippen molar-refractivity contribution in [1.29, 1.82) is 0 Å². The molecule has 0 atom stereocenters. The summed E-state index contributed by atoms with van der Waals surface area (Å²) < 4.78 is 1.17. The first-order chi connectivity index (χ1) is 18.9. The van der Waals surface area contributed by atoms with E-state index in [1.54, 1.807) is 11.3 Å². The molecule has 1 spiro atoms. The van der Waals surface area contributed by atoms with E-state index in [-0.39, 0.29) is 11.4 Å². The molecule has 1 saturated heterocycles. The molecule has 4 aromatic rings. The molecule has 3 aromatic carbocycles. The highest BCUT2D eigenvalue weighted by Gasteiger charge is 2.47. The summed E-state index contributed by atoms with van der Waals surface area (Å²) in [7, 11) is 0. The average Bonchev–Trinajstić information content (AvgIpc) is 3.54. The Morgan fingerprint density at radius 1 is 1.03 bits per heavy atom. The number of rotatable bonds is 5. The first kappa shape index (κ1) is 26.6. The highest BCUT2D eigenvalue weighted by atomic mass is 35.5. The van der Waals surface area contributed by atoms with E-state index in [1.165, 1.54) is 10.3 Å². The van der Waals surface area contributed by atoms with Gasteiger partial charge in [0.25, 0.3) is 0 Å². The molecule has 3 heterocycles. The largest absolute Gasteiger partial charge is 0.334 e. The summed E-state index contributed by atoms with van der Waals surface area (Å²) in [6.45, 7) is 3.87. The monoisotopic (exact) mass is 596 g/mol. The second kappa shape index (κ2) is 11.1. The van der Waals surface area contributed by atoms with Gasteiger partial charge in [-0.25, -0.2) is 9.78 Å². The Hall–Kier alpha value is -2.61. The molecule has 1 fully saturated rings. The van der Waals surface area contributed by atoms with Gasteiger partial charge >= 0.3 is 6.03 Å². The summed E-state index contributed by atoms with van der Waals surface area (Å²) in [4.78, 5) is 22.6. The average molecular weight is 598 g/mol. The Balaban J connectivity index is 1.17.